The number of hydrogen-bond donors (Lipinski definition) is 1. The zero-order valence-corrected chi connectivity index (χ0v) is 14.6. The van der Waals surface area contributed by atoms with Gasteiger partial charge in [-0.2, -0.15) is 0 Å². The molecule has 1 aliphatic heterocycles. The van der Waals surface area contributed by atoms with Gasteiger partial charge in [0.2, 0.25) is 0 Å². The quantitative estimate of drug-likeness (QED) is 0.926. The van der Waals surface area contributed by atoms with E-state index < -0.39 is 5.60 Å². The van der Waals surface area contributed by atoms with Gasteiger partial charge in [-0.15, -0.1) is 0 Å². The average molecular weight is 320 g/mol. The highest BCUT2D eigenvalue weighted by molar-refractivity contribution is 5.68. The fourth-order valence-electron chi connectivity index (χ4n) is 2.69. The molecule has 1 aliphatic rings. The van der Waals surface area contributed by atoms with Gasteiger partial charge < -0.3 is 14.8 Å². The lowest BCUT2D eigenvalue weighted by molar-refractivity contribution is 0.0114. The molecule has 23 heavy (non-hydrogen) atoms. The topological polar surface area (TPSA) is 50.8 Å². The molecular weight excluding hydrogens is 292 g/mol. The van der Waals surface area contributed by atoms with E-state index in [4.69, 9.17) is 9.47 Å². The Hall–Kier alpha value is -1.75. The van der Waals surface area contributed by atoms with E-state index in [0.29, 0.717) is 6.54 Å². The number of carbonyl (C=O) groups is 1. The Morgan fingerprint density at radius 2 is 2.00 bits per heavy atom. The maximum absolute atomic E-state index is 12.6. The first-order chi connectivity index (χ1) is 10.9. The molecule has 1 aromatic carbocycles. The van der Waals surface area contributed by atoms with Crippen LogP contribution in [0.25, 0.3) is 0 Å². The number of hydrogen-bond acceptors (Lipinski definition) is 4. The Bertz CT molecular complexity index is 502. The van der Waals surface area contributed by atoms with Gasteiger partial charge >= 0.3 is 6.09 Å². The van der Waals surface area contributed by atoms with E-state index >= 15 is 0 Å². The van der Waals surface area contributed by atoms with Crippen LogP contribution in [0.3, 0.4) is 0 Å². The summed E-state index contributed by atoms with van der Waals surface area (Å²) in [5.74, 6) is 0.817. The van der Waals surface area contributed by atoms with Crippen LogP contribution in [0.15, 0.2) is 24.3 Å². The van der Waals surface area contributed by atoms with Crippen molar-refractivity contribution in [2.24, 2.45) is 0 Å². The predicted molar refractivity (Wildman–Crippen MR) is 90.7 cm³/mol. The molecule has 1 saturated heterocycles. The first kappa shape index (κ1) is 17.6. The molecule has 1 fully saturated rings. The number of ether oxygens (including phenoxy) is 2. The van der Waals surface area contributed by atoms with Crippen molar-refractivity contribution in [2.45, 2.75) is 51.8 Å². The first-order valence-electron chi connectivity index (χ1n) is 8.22. The number of benzene rings is 1. The fourth-order valence-corrected chi connectivity index (χ4v) is 2.69. The monoisotopic (exact) mass is 320 g/mol. The number of methoxy groups -OCH3 is 1. The Balaban J connectivity index is 2.12. The van der Waals surface area contributed by atoms with Crippen molar-refractivity contribution >= 4 is 6.09 Å². The zero-order valence-electron chi connectivity index (χ0n) is 14.6. The number of amides is 1. The van der Waals surface area contributed by atoms with Gasteiger partial charge in [0.1, 0.15) is 11.4 Å². The Kier molecular flexibility index (Phi) is 5.88. The fraction of sp³-hybridized carbons (Fsp3) is 0.611. The van der Waals surface area contributed by atoms with Crippen LogP contribution in [-0.4, -0.2) is 42.8 Å². The van der Waals surface area contributed by atoms with E-state index in [1.807, 2.05) is 49.9 Å². The average Bonchev–Trinajstić information content (AvgIpc) is 2.52. The summed E-state index contributed by atoms with van der Waals surface area (Å²) in [6, 6.07) is 7.99. The maximum Gasteiger partial charge on any atom is 0.410 e. The molecule has 2 rings (SSSR count). The van der Waals surface area contributed by atoms with Gasteiger partial charge in [-0.1, -0.05) is 12.1 Å². The van der Waals surface area contributed by atoms with Crippen molar-refractivity contribution in [1.82, 2.24) is 10.2 Å². The minimum atomic E-state index is -0.489. The Labute approximate surface area is 139 Å². The summed E-state index contributed by atoms with van der Waals surface area (Å²) >= 11 is 0. The molecule has 1 amide bonds. The summed E-state index contributed by atoms with van der Waals surface area (Å²) in [5, 5.41) is 3.37. The van der Waals surface area contributed by atoms with Crippen molar-refractivity contribution in [1.29, 1.82) is 0 Å². The van der Waals surface area contributed by atoms with Gasteiger partial charge in [-0.05, 0) is 57.9 Å². The van der Waals surface area contributed by atoms with Crippen molar-refractivity contribution in [3.63, 3.8) is 0 Å². The third-order valence-corrected chi connectivity index (χ3v) is 3.85. The molecule has 0 spiro atoms. The number of rotatable bonds is 4. The molecule has 0 bridgehead atoms. The van der Waals surface area contributed by atoms with Crippen LogP contribution in [0.5, 0.6) is 5.75 Å². The van der Waals surface area contributed by atoms with Crippen LogP contribution in [0.4, 0.5) is 4.79 Å². The molecule has 0 saturated carbocycles. The molecule has 0 aromatic heterocycles. The highest BCUT2D eigenvalue weighted by Gasteiger charge is 2.29. The van der Waals surface area contributed by atoms with E-state index in [1.165, 1.54) is 0 Å². The third kappa shape index (κ3) is 5.43. The van der Waals surface area contributed by atoms with E-state index in [0.717, 1.165) is 37.2 Å². The first-order valence-corrected chi connectivity index (χ1v) is 8.22. The number of nitrogens with zero attached hydrogens (tertiary/aromatic N) is 1. The van der Waals surface area contributed by atoms with Crippen molar-refractivity contribution < 1.29 is 14.3 Å². The number of nitrogens with one attached hydrogen (secondary N) is 1. The summed E-state index contributed by atoms with van der Waals surface area (Å²) in [4.78, 5) is 14.5. The molecule has 1 atom stereocenters. The van der Waals surface area contributed by atoms with Crippen molar-refractivity contribution in [3.05, 3.63) is 29.8 Å². The van der Waals surface area contributed by atoms with Crippen molar-refractivity contribution in [3.8, 4) is 5.75 Å². The summed E-state index contributed by atoms with van der Waals surface area (Å²) in [7, 11) is 1.65. The third-order valence-electron chi connectivity index (χ3n) is 3.85. The Morgan fingerprint density at radius 1 is 1.30 bits per heavy atom. The second kappa shape index (κ2) is 7.68. The van der Waals surface area contributed by atoms with E-state index in [9.17, 15) is 4.79 Å². The predicted octanol–water partition coefficient (Wildman–Crippen LogP) is 3.18. The summed E-state index contributed by atoms with van der Waals surface area (Å²) in [5.41, 5.74) is 0.583. The number of piperidine rings is 1. The van der Waals surface area contributed by atoms with Crippen LogP contribution >= 0.6 is 0 Å². The molecule has 0 aliphatic carbocycles. The molecule has 1 heterocycles. The van der Waals surface area contributed by atoms with E-state index in [-0.39, 0.29) is 12.1 Å². The summed E-state index contributed by atoms with van der Waals surface area (Å²) < 4.78 is 10.8. The second-order valence-electron chi connectivity index (χ2n) is 6.96. The van der Waals surface area contributed by atoms with Crippen LogP contribution in [-0.2, 0) is 11.3 Å². The van der Waals surface area contributed by atoms with Gasteiger partial charge in [0.15, 0.2) is 0 Å². The van der Waals surface area contributed by atoms with Gasteiger partial charge in [0.05, 0.1) is 7.11 Å². The van der Waals surface area contributed by atoms with E-state index in [2.05, 4.69) is 5.32 Å². The highest BCUT2D eigenvalue weighted by atomic mass is 16.6. The minimum absolute atomic E-state index is 0.167. The van der Waals surface area contributed by atoms with Crippen LogP contribution in [0.2, 0.25) is 0 Å². The smallest absolute Gasteiger partial charge is 0.410 e. The lowest BCUT2D eigenvalue weighted by atomic mass is 10.1. The molecule has 0 radical (unpaired) electrons. The van der Waals surface area contributed by atoms with Crippen molar-refractivity contribution in [2.75, 3.05) is 20.2 Å². The lowest BCUT2D eigenvalue weighted by Crippen LogP contribution is -2.49. The SMILES string of the molecule is COc1ccc(CN(C(=O)OC(C)(C)C)[C@H]2CCCNC2)cc1. The molecule has 0 unspecified atom stereocenters. The second-order valence-corrected chi connectivity index (χ2v) is 6.96. The van der Waals surface area contributed by atoms with Gasteiger partial charge in [-0.3, -0.25) is 4.90 Å². The van der Waals surface area contributed by atoms with E-state index in [1.54, 1.807) is 7.11 Å². The Morgan fingerprint density at radius 3 is 2.52 bits per heavy atom. The summed E-state index contributed by atoms with van der Waals surface area (Å²) in [6.45, 7) is 8.07. The number of carbonyl (C=O) groups excluding carboxylic acids is 1. The van der Waals surface area contributed by atoms with Gasteiger partial charge in [-0.25, -0.2) is 4.79 Å². The molecule has 128 valence electrons. The van der Waals surface area contributed by atoms with Crippen LogP contribution < -0.4 is 10.1 Å². The molecule has 1 N–H and O–H groups in total. The highest BCUT2D eigenvalue weighted by Crippen LogP contribution is 2.20. The van der Waals surface area contributed by atoms with Crippen LogP contribution in [0, 0.1) is 0 Å². The molecular formula is C18H28N2O3. The largest absolute Gasteiger partial charge is 0.497 e. The molecule has 5 heteroatoms. The normalized spacial score (nSPS) is 18.3. The summed E-state index contributed by atoms with van der Waals surface area (Å²) in [6.07, 6.45) is 1.83. The van der Waals surface area contributed by atoms with Gasteiger partial charge in [0.25, 0.3) is 0 Å². The molecule has 5 nitrogen and oxygen atoms in total. The standard InChI is InChI=1S/C18H28N2O3/c1-18(2,3)23-17(21)20(15-6-5-11-19-12-15)13-14-7-9-16(22-4)10-8-14/h7-10,15,19H,5-6,11-13H2,1-4H3/t15-/m0/s1. The lowest BCUT2D eigenvalue weighted by Gasteiger charge is -2.36. The zero-order chi connectivity index (χ0) is 16.9. The minimum Gasteiger partial charge on any atom is -0.497 e. The maximum atomic E-state index is 12.6. The van der Waals surface area contributed by atoms with Crippen LogP contribution in [0.1, 0.15) is 39.2 Å². The molecule has 1 aromatic rings. The van der Waals surface area contributed by atoms with Gasteiger partial charge in [0, 0.05) is 19.1 Å².